The van der Waals surface area contributed by atoms with Crippen molar-refractivity contribution in [2.75, 3.05) is 31.1 Å². The molecule has 0 amide bonds. The molecular weight excluding hydrogens is 410 g/mol. The first-order valence-corrected chi connectivity index (χ1v) is 9.67. The number of benzene rings is 1. The van der Waals surface area contributed by atoms with Gasteiger partial charge in [-0.2, -0.15) is 5.26 Å². The molecule has 1 aromatic heterocycles. The highest BCUT2D eigenvalue weighted by molar-refractivity contribution is 6.28. The highest BCUT2D eigenvalue weighted by Gasteiger charge is 2.30. The zero-order valence-corrected chi connectivity index (χ0v) is 16.8. The van der Waals surface area contributed by atoms with E-state index in [0.717, 1.165) is 5.56 Å². The summed E-state index contributed by atoms with van der Waals surface area (Å²) >= 11 is 5.86. The Morgan fingerprint density at radius 1 is 1.27 bits per heavy atom. The predicted molar refractivity (Wildman–Crippen MR) is 108 cm³/mol. The van der Waals surface area contributed by atoms with Crippen molar-refractivity contribution in [2.45, 2.75) is 19.1 Å². The number of nitriles is 1. The number of ether oxygens (including phenoxy) is 1. The van der Waals surface area contributed by atoms with Crippen LogP contribution in [0.2, 0.25) is 5.28 Å². The predicted octanol–water partition coefficient (Wildman–Crippen LogP) is 1.98. The van der Waals surface area contributed by atoms with Gasteiger partial charge in [0.1, 0.15) is 12.4 Å². The Hall–Kier alpha value is -3.22. The molecule has 156 valence electrons. The number of aromatic nitrogens is 2. The van der Waals surface area contributed by atoms with E-state index >= 15 is 0 Å². The molecule has 2 aromatic rings. The fourth-order valence-corrected chi connectivity index (χ4v) is 3.41. The number of nitrogens with zero attached hydrogens (tertiary/aromatic N) is 5. The lowest BCUT2D eigenvalue weighted by atomic mass is 10.1. The SMILES string of the molecule is N#CC[C@H]1CN(c2cc(C(=O)O)nc(Cl)n2)CCN1CC(=O)OCc1ccccc1. The molecule has 0 unspecified atom stereocenters. The lowest BCUT2D eigenvalue weighted by Gasteiger charge is -2.40. The quantitative estimate of drug-likeness (QED) is 0.520. The fraction of sp³-hybridized carbons (Fsp3) is 0.350. The molecule has 0 bridgehead atoms. The van der Waals surface area contributed by atoms with E-state index in [-0.39, 0.29) is 42.6 Å². The van der Waals surface area contributed by atoms with Crippen molar-refractivity contribution in [3.63, 3.8) is 0 Å². The summed E-state index contributed by atoms with van der Waals surface area (Å²) in [4.78, 5) is 35.0. The Morgan fingerprint density at radius 3 is 2.73 bits per heavy atom. The molecule has 0 saturated carbocycles. The highest BCUT2D eigenvalue weighted by atomic mass is 35.5. The molecule has 1 aromatic carbocycles. The van der Waals surface area contributed by atoms with Gasteiger partial charge in [0.2, 0.25) is 5.28 Å². The number of piperazine rings is 1. The van der Waals surface area contributed by atoms with Crippen LogP contribution in [0.3, 0.4) is 0 Å². The van der Waals surface area contributed by atoms with Gasteiger partial charge < -0.3 is 14.7 Å². The maximum Gasteiger partial charge on any atom is 0.354 e. The summed E-state index contributed by atoms with van der Waals surface area (Å²) in [6.07, 6.45) is 0.201. The minimum absolute atomic E-state index is 0.0674. The minimum Gasteiger partial charge on any atom is -0.477 e. The molecule has 3 rings (SSSR count). The number of carbonyl (C=O) groups is 2. The van der Waals surface area contributed by atoms with E-state index in [1.165, 1.54) is 6.07 Å². The summed E-state index contributed by atoms with van der Waals surface area (Å²) in [7, 11) is 0. The van der Waals surface area contributed by atoms with Gasteiger partial charge >= 0.3 is 11.9 Å². The van der Waals surface area contributed by atoms with E-state index in [4.69, 9.17) is 16.3 Å². The molecule has 30 heavy (non-hydrogen) atoms. The number of anilines is 1. The van der Waals surface area contributed by atoms with Crippen LogP contribution in [0.5, 0.6) is 0 Å². The molecule has 9 nitrogen and oxygen atoms in total. The Kier molecular flexibility index (Phi) is 7.17. The van der Waals surface area contributed by atoms with Crippen molar-refractivity contribution in [1.29, 1.82) is 5.26 Å². The van der Waals surface area contributed by atoms with Gasteiger partial charge in [0.25, 0.3) is 0 Å². The minimum atomic E-state index is -1.20. The molecule has 0 aliphatic carbocycles. The second-order valence-corrected chi connectivity index (χ2v) is 7.10. The Balaban J connectivity index is 1.63. The molecule has 10 heteroatoms. The largest absolute Gasteiger partial charge is 0.477 e. The number of carboxylic acid groups (broad SMARTS) is 1. The van der Waals surface area contributed by atoms with Crippen LogP contribution in [-0.4, -0.2) is 64.1 Å². The van der Waals surface area contributed by atoms with Crippen LogP contribution in [0.15, 0.2) is 36.4 Å². The van der Waals surface area contributed by atoms with Crippen molar-refractivity contribution in [2.24, 2.45) is 0 Å². The number of carbonyl (C=O) groups excluding carboxylic acids is 1. The van der Waals surface area contributed by atoms with E-state index in [0.29, 0.717) is 25.5 Å². The molecule has 1 saturated heterocycles. The van der Waals surface area contributed by atoms with Gasteiger partial charge in [-0.25, -0.2) is 14.8 Å². The van der Waals surface area contributed by atoms with Crippen molar-refractivity contribution < 1.29 is 19.4 Å². The zero-order valence-electron chi connectivity index (χ0n) is 16.1. The van der Waals surface area contributed by atoms with Gasteiger partial charge in [0, 0.05) is 31.7 Å². The van der Waals surface area contributed by atoms with E-state index in [1.54, 1.807) is 0 Å². The number of rotatable bonds is 7. The van der Waals surface area contributed by atoms with Gasteiger partial charge in [0.15, 0.2) is 5.69 Å². The maximum absolute atomic E-state index is 12.3. The molecule has 1 fully saturated rings. The highest BCUT2D eigenvalue weighted by Crippen LogP contribution is 2.21. The third-order valence-corrected chi connectivity index (χ3v) is 4.90. The van der Waals surface area contributed by atoms with E-state index in [1.807, 2.05) is 40.1 Å². The average Bonchev–Trinajstić information content (AvgIpc) is 2.74. The van der Waals surface area contributed by atoms with Crippen LogP contribution < -0.4 is 4.90 Å². The first kappa shape index (κ1) is 21.5. The van der Waals surface area contributed by atoms with Gasteiger partial charge in [-0.15, -0.1) is 0 Å². The Labute approximate surface area is 178 Å². The standard InChI is InChI=1S/C20H20ClN5O4/c21-20-23-16(19(28)29)10-17(24-20)26-9-8-25(15(11-26)6-7-22)12-18(27)30-13-14-4-2-1-3-5-14/h1-5,10,15H,6,8-9,11-13H2,(H,28,29)/t15-/m0/s1. The lowest BCUT2D eigenvalue weighted by Crippen LogP contribution is -2.54. The van der Waals surface area contributed by atoms with E-state index in [2.05, 4.69) is 16.0 Å². The lowest BCUT2D eigenvalue weighted by molar-refractivity contribution is -0.147. The molecule has 0 radical (unpaired) electrons. The second kappa shape index (κ2) is 10.0. The molecular formula is C20H20ClN5O4. The first-order valence-electron chi connectivity index (χ1n) is 9.29. The van der Waals surface area contributed by atoms with Crippen molar-refractivity contribution in [3.05, 3.63) is 52.9 Å². The van der Waals surface area contributed by atoms with Crippen LogP contribution >= 0.6 is 11.6 Å². The molecule has 1 N–H and O–H groups in total. The summed E-state index contributed by atoms with van der Waals surface area (Å²) in [5.74, 6) is -1.19. The van der Waals surface area contributed by atoms with Gasteiger partial charge in [-0.05, 0) is 17.2 Å². The molecule has 0 spiro atoms. The van der Waals surface area contributed by atoms with Gasteiger partial charge in [-0.1, -0.05) is 30.3 Å². The van der Waals surface area contributed by atoms with Crippen molar-refractivity contribution in [3.8, 4) is 6.07 Å². The number of carboxylic acids is 1. The Morgan fingerprint density at radius 2 is 2.03 bits per heavy atom. The van der Waals surface area contributed by atoms with Crippen LogP contribution in [0.4, 0.5) is 5.82 Å². The zero-order chi connectivity index (χ0) is 21.5. The fourth-order valence-electron chi connectivity index (χ4n) is 3.23. The molecule has 1 atom stereocenters. The molecule has 1 aliphatic rings. The van der Waals surface area contributed by atoms with Crippen LogP contribution in [0.1, 0.15) is 22.5 Å². The van der Waals surface area contributed by atoms with Crippen LogP contribution in [0.25, 0.3) is 0 Å². The van der Waals surface area contributed by atoms with Gasteiger partial charge in [0.05, 0.1) is 19.0 Å². The second-order valence-electron chi connectivity index (χ2n) is 6.76. The summed E-state index contributed by atoms with van der Waals surface area (Å²) < 4.78 is 5.35. The summed E-state index contributed by atoms with van der Waals surface area (Å²) in [5, 5.41) is 18.2. The van der Waals surface area contributed by atoms with Crippen molar-refractivity contribution >= 4 is 29.4 Å². The number of hydrogen-bond donors (Lipinski definition) is 1. The number of esters is 1. The number of halogens is 1. The third-order valence-electron chi connectivity index (χ3n) is 4.73. The third kappa shape index (κ3) is 5.65. The monoisotopic (exact) mass is 429 g/mol. The van der Waals surface area contributed by atoms with Gasteiger partial charge in [-0.3, -0.25) is 9.69 Å². The molecule has 2 heterocycles. The Bertz CT molecular complexity index is 950. The van der Waals surface area contributed by atoms with E-state index in [9.17, 15) is 20.0 Å². The topological polar surface area (TPSA) is 120 Å². The molecule has 1 aliphatic heterocycles. The summed E-state index contributed by atoms with van der Waals surface area (Å²) in [6, 6.07) is 12.6. The first-order chi connectivity index (χ1) is 14.5. The summed E-state index contributed by atoms with van der Waals surface area (Å²) in [5.41, 5.74) is 0.702. The van der Waals surface area contributed by atoms with Crippen LogP contribution in [0, 0.1) is 11.3 Å². The number of aromatic carboxylic acids is 1. The maximum atomic E-state index is 12.3. The number of hydrogen-bond acceptors (Lipinski definition) is 8. The van der Waals surface area contributed by atoms with E-state index < -0.39 is 5.97 Å². The normalized spacial score (nSPS) is 16.7. The van der Waals surface area contributed by atoms with Crippen molar-refractivity contribution in [1.82, 2.24) is 14.9 Å². The average molecular weight is 430 g/mol. The van der Waals surface area contributed by atoms with Crippen LogP contribution in [-0.2, 0) is 16.1 Å². The smallest absolute Gasteiger partial charge is 0.354 e. The summed E-state index contributed by atoms with van der Waals surface area (Å²) in [6.45, 7) is 1.63.